The summed E-state index contributed by atoms with van der Waals surface area (Å²) in [4.78, 5) is 26.5. The number of sulfonamides is 1. The molecule has 1 amide bonds. The van der Waals surface area contributed by atoms with Gasteiger partial charge in [0.25, 0.3) is 10.0 Å². The van der Waals surface area contributed by atoms with E-state index in [4.69, 9.17) is 0 Å². The van der Waals surface area contributed by atoms with E-state index in [1.807, 2.05) is 0 Å². The van der Waals surface area contributed by atoms with Gasteiger partial charge in [0.15, 0.2) is 0 Å². The second-order valence-corrected chi connectivity index (χ2v) is 10.5. The molecule has 9 heteroatoms. The van der Waals surface area contributed by atoms with Crippen molar-refractivity contribution in [2.45, 2.75) is 42.4 Å². The molecule has 3 aliphatic rings. The van der Waals surface area contributed by atoms with Gasteiger partial charge in [0.05, 0.1) is 5.41 Å². The molecule has 2 saturated heterocycles. The van der Waals surface area contributed by atoms with E-state index in [1.54, 1.807) is 22.4 Å². The number of carbonyl (C=O) groups excluding carboxylic acids is 1. The van der Waals surface area contributed by atoms with E-state index in [9.17, 15) is 23.1 Å². The Hall–Kier alpha value is -1.45. The first-order valence-corrected chi connectivity index (χ1v) is 11.3. The number of nitrogens with zero attached hydrogens (tertiary/aromatic N) is 2. The van der Waals surface area contributed by atoms with Gasteiger partial charge in [0, 0.05) is 19.6 Å². The van der Waals surface area contributed by atoms with Crippen LogP contribution in [-0.4, -0.2) is 60.3 Å². The molecule has 3 fully saturated rings. The molecule has 1 aromatic rings. The van der Waals surface area contributed by atoms with Crippen molar-refractivity contribution in [3.05, 3.63) is 17.5 Å². The Kier molecular flexibility index (Phi) is 4.36. The number of hydrogen-bond acceptors (Lipinski definition) is 5. The number of thiophene rings is 1. The van der Waals surface area contributed by atoms with Gasteiger partial charge in [-0.15, -0.1) is 11.3 Å². The molecule has 0 bridgehead atoms. The number of fused-ring (bicyclic) bond motifs is 1. The normalized spacial score (nSPS) is 32.1. The zero-order valence-corrected chi connectivity index (χ0v) is 16.0. The van der Waals surface area contributed by atoms with Crippen molar-refractivity contribution in [3.8, 4) is 0 Å². The van der Waals surface area contributed by atoms with E-state index in [1.165, 1.54) is 4.31 Å². The molecule has 3 atom stereocenters. The van der Waals surface area contributed by atoms with E-state index < -0.39 is 27.4 Å². The van der Waals surface area contributed by atoms with Crippen LogP contribution in [-0.2, 0) is 19.6 Å². The van der Waals surface area contributed by atoms with Gasteiger partial charge >= 0.3 is 5.97 Å². The van der Waals surface area contributed by atoms with E-state index in [0.29, 0.717) is 32.4 Å². The molecule has 2 aliphatic heterocycles. The van der Waals surface area contributed by atoms with Gasteiger partial charge in [-0.2, -0.15) is 4.31 Å². The zero-order valence-electron chi connectivity index (χ0n) is 14.3. The Labute approximate surface area is 156 Å². The van der Waals surface area contributed by atoms with E-state index in [2.05, 4.69) is 0 Å². The maximum atomic E-state index is 13.1. The van der Waals surface area contributed by atoms with Crippen LogP contribution in [0.25, 0.3) is 0 Å². The number of aliphatic carboxylic acids is 1. The molecule has 26 heavy (non-hydrogen) atoms. The summed E-state index contributed by atoms with van der Waals surface area (Å²) < 4.78 is 27.3. The molecule has 1 aliphatic carbocycles. The molecule has 1 saturated carbocycles. The van der Waals surface area contributed by atoms with Gasteiger partial charge < -0.3 is 10.0 Å². The third-order valence-corrected chi connectivity index (χ3v) is 9.44. The average Bonchev–Trinajstić information content (AvgIpc) is 3.36. The Morgan fingerprint density at radius 3 is 2.73 bits per heavy atom. The summed E-state index contributed by atoms with van der Waals surface area (Å²) in [5.74, 6) is -1.09. The van der Waals surface area contributed by atoms with Crippen molar-refractivity contribution in [2.75, 3.05) is 19.6 Å². The molecular formula is C17H22N2O5S2. The van der Waals surface area contributed by atoms with Gasteiger partial charge in [0.1, 0.15) is 10.3 Å². The van der Waals surface area contributed by atoms with Crippen molar-refractivity contribution < 1.29 is 23.1 Å². The molecule has 7 nitrogen and oxygen atoms in total. The van der Waals surface area contributed by atoms with Crippen LogP contribution in [0.1, 0.15) is 32.1 Å². The lowest BCUT2D eigenvalue weighted by molar-refractivity contribution is -0.149. The Balaban J connectivity index is 1.56. The first-order valence-electron chi connectivity index (χ1n) is 8.94. The number of rotatable bonds is 4. The first kappa shape index (κ1) is 17.9. The fraction of sp³-hybridized carbons (Fsp3) is 0.647. The van der Waals surface area contributed by atoms with E-state index in [-0.39, 0.29) is 22.6 Å². The summed E-state index contributed by atoms with van der Waals surface area (Å²) in [6.45, 7) is 0.960. The van der Waals surface area contributed by atoms with E-state index >= 15 is 0 Å². The van der Waals surface area contributed by atoms with Crippen LogP contribution >= 0.6 is 11.3 Å². The minimum Gasteiger partial charge on any atom is -0.481 e. The van der Waals surface area contributed by atoms with Crippen LogP contribution in [0.5, 0.6) is 0 Å². The highest BCUT2D eigenvalue weighted by Crippen LogP contribution is 2.49. The highest BCUT2D eigenvalue weighted by Gasteiger charge is 2.57. The average molecular weight is 399 g/mol. The lowest BCUT2D eigenvalue weighted by Crippen LogP contribution is -2.48. The second-order valence-electron chi connectivity index (χ2n) is 7.48. The van der Waals surface area contributed by atoms with Crippen LogP contribution in [0, 0.1) is 11.3 Å². The fourth-order valence-corrected chi connectivity index (χ4v) is 7.59. The lowest BCUT2D eigenvalue weighted by Gasteiger charge is -2.28. The zero-order chi connectivity index (χ0) is 18.5. The maximum absolute atomic E-state index is 13.1. The van der Waals surface area contributed by atoms with Crippen molar-refractivity contribution in [2.24, 2.45) is 11.3 Å². The molecule has 1 unspecified atom stereocenters. The third kappa shape index (κ3) is 2.59. The fourth-order valence-electron chi connectivity index (χ4n) is 4.82. The highest BCUT2D eigenvalue weighted by molar-refractivity contribution is 7.91. The van der Waals surface area contributed by atoms with Gasteiger partial charge in [-0.05, 0) is 43.0 Å². The summed E-state index contributed by atoms with van der Waals surface area (Å²) >= 11 is 1.15. The molecule has 142 valence electrons. The summed E-state index contributed by atoms with van der Waals surface area (Å²) in [7, 11) is -3.68. The maximum Gasteiger partial charge on any atom is 0.311 e. The van der Waals surface area contributed by atoms with Crippen LogP contribution in [0.4, 0.5) is 0 Å². The van der Waals surface area contributed by atoms with Gasteiger partial charge in [-0.1, -0.05) is 12.5 Å². The number of hydrogen-bond donors (Lipinski definition) is 1. The van der Waals surface area contributed by atoms with Crippen molar-refractivity contribution in [1.29, 1.82) is 0 Å². The van der Waals surface area contributed by atoms with Crippen molar-refractivity contribution >= 4 is 33.2 Å². The van der Waals surface area contributed by atoms with Gasteiger partial charge in [-0.3, -0.25) is 9.59 Å². The van der Waals surface area contributed by atoms with Crippen molar-refractivity contribution in [1.82, 2.24) is 9.21 Å². The van der Waals surface area contributed by atoms with Crippen molar-refractivity contribution in [3.63, 3.8) is 0 Å². The van der Waals surface area contributed by atoms with Gasteiger partial charge in [-0.25, -0.2) is 8.42 Å². The number of amides is 1. The number of carboxylic acid groups (broad SMARTS) is 1. The second kappa shape index (κ2) is 6.31. The Morgan fingerprint density at radius 2 is 2.08 bits per heavy atom. The topological polar surface area (TPSA) is 95.0 Å². The molecule has 0 radical (unpaired) electrons. The largest absolute Gasteiger partial charge is 0.481 e. The number of carboxylic acids is 1. The molecule has 0 aromatic carbocycles. The van der Waals surface area contributed by atoms with Gasteiger partial charge in [0.2, 0.25) is 5.91 Å². The quantitative estimate of drug-likeness (QED) is 0.831. The summed E-state index contributed by atoms with van der Waals surface area (Å²) in [6, 6.07) is 2.52. The predicted octanol–water partition coefficient (Wildman–Crippen LogP) is 1.61. The highest BCUT2D eigenvalue weighted by atomic mass is 32.2. The SMILES string of the molecule is O=C(C1CCCN1S(=O)(=O)c1cccs1)N1C[C@@H]2CCC[C@@]2(C(=O)O)C1. The van der Waals surface area contributed by atoms with Crippen LogP contribution < -0.4 is 0 Å². The number of likely N-dealkylation sites (tertiary alicyclic amines) is 1. The smallest absolute Gasteiger partial charge is 0.311 e. The number of carbonyl (C=O) groups is 2. The first-order chi connectivity index (χ1) is 12.4. The predicted molar refractivity (Wildman–Crippen MR) is 95.2 cm³/mol. The summed E-state index contributed by atoms with van der Waals surface area (Å²) in [5, 5.41) is 11.4. The molecule has 1 aromatic heterocycles. The van der Waals surface area contributed by atoms with Crippen LogP contribution in [0.15, 0.2) is 21.7 Å². The molecular weight excluding hydrogens is 376 g/mol. The molecule has 0 spiro atoms. The minimum absolute atomic E-state index is 0.0206. The standard InChI is InChI=1S/C17H22N2O5S2/c20-15(18-10-12-4-1-7-17(12,11-18)16(21)22)13-5-2-8-19(13)26(23,24)14-6-3-9-25-14/h3,6,9,12-13H,1-2,4-5,7-8,10-11H2,(H,21,22)/t12-,13?,17+/m0/s1. The van der Waals surface area contributed by atoms with Crippen LogP contribution in [0.2, 0.25) is 0 Å². The summed E-state index contributed by atoms with van der Waals surface area (Å²) in [6.07, 6.45) is 3.42. The molecule has 1 N–H and O–H groups in total. The molecule has 4 rings (SSSR count). The van der Waals surface area contributed by atoms with E-state index in [0.717, 1.165) is 24.2 Å². The lowest BCUT2D eigenvalue weighted by atomic mass is 9.81. The molecule has 3 heterocycles. The van der Waals surface area contributed by atoms with Crippen LogP contribution in [0.3, 0.4) is 0 Å². The summed E-state index contributed by atoms with van der Waals surface area (Å²) in [5.41, 5.74) is -0.842. The Bertz CT molecular complexity index is 822. The third-order valence-electron chi connectivity index (χ3n) is 6.16. The Morgan fingerprint density at radius 1 is 1.27 bits per heavy atom. The monoisotopic (exact) mass is 398 g/mol. The minimum atomic E-state index is -3.68.